The molecule has 1 aromatic heterocycles. The van der Waals surface area contributed by atoms with Crippen LogP contribution in [-0.2, 0) is 7.05 Å². The van der Waals surface area contributed by atoms with E-state index in [1.54, 1.807) is 0 Å². The fraction of sp³-hybridized carbons (Fsp3) is 0.444. The van der Waals surface area contributed by atoms with Gasteiger partial charge in [0.2, 0.25) is 0 Å². The van der Waals surface area contributed by atoms with Gasteiger partial charge in [-0.2, -0.15) is 5.10 Å². The van der Waals surface area contributed by atoms with E-state index in [0.717, 1.165) is 17.0 Å². The van der Waals surface area contributed by atoms with Gasteiger partial charge in [-0.05, 0) is 19.9 Å². The van der Waals surface area contributed by atoms with Crippen LogP contribution in [0.3, 0.4) is 0 Å². The average Bonchev–Trinajstić information content (AvgIpc) is 2.31. The smallest absolute Gasteiger partial charge is 0.0833 e. The van der Waals surface area contributed by atoms with E-state index >= 15 is 0 Å². The Morgan fingerprint density at radius 3 is 2.69 bits per heavy atom. The first kappa shape index (κ1) is 9.95. The van der Waals surface area contributed by atoms with Crippen molar-refractivity contribution in [2.24, 2.45) is 12.9 Å². The maximum absolute atomic E-state index is 5.43. The van der Waals surface area contributed by atoms with Crippen LogP contribution in [0.25, 0.3) is 0 Å². The molecule has 1 atom stereocenters. The zero-order chi connectivity index (χ0) is 10.0. The van der Waals surface area contributed by atoms with Crippen LogP contribution in [0, 0.1) is 6.92 Å². The molecule has 13 heavy (non-hydrogen) atoms. The van der Waals surface area contributed by atoms with E-state index in [9.17, 15) is 0 Å². The van der Waals surface area contributed by atoms with Gasteiger partial charge < -0.3 is 0 Å². The Hall–Kier alpha value is -1.13. The first-order valence-corrected chi connectivity index (χ1v) is 4.18. The highest BCUT2D eigenvalue weighted by molar-refractivity contribution is 5.21. The summed E-state index contributed by atoms with van der Waals surface area (Å²) in [4.78, 5) is 0. The summed E-state index contributed by atoms with van der Waals surface area (Å²) in [5, 5.41) is 4.24. The third kappa shape index (κ3) is 1.96. The zero-order valence-electron chi connectivity index (χ0n) is 8.33. The monoisotopic (exact) mass is 180 g/mol. The Morgan fingerprint density at radius 1 is 1.77 bits per heavy atom. The van der Waals surface area contributed by atoms with E-state index in [4.69, 9.17) is 5.84 Å². The lowest BCUT2D eigenvalue weighted by atomic mass is 10.1. The van der Waals surface area contributed by atoms with Gasteiger partial charge in [0.25, 0.3) is 0 Å². The van der Waals surface area contributed by atoms with E-state index < -0.39 is 0 Å². The van der Waals surface area contributed by atoms with Crippen molar-refractivity contribution < 1.29 is 0 Å². The number of rotatable bonds is 3. The summed E-state index contributed by atoms with van der Waals surface area (Å²) in [6.45, 7) is 7.76. The van der Waals surface area contributed by atoms with E-state index in [-0.39, 0.29) is 6.04 Å². The molecule has 0 spiro atoms. The minimum absolute atomic E-state index is 0.0220. The quantitative estimate of drug-likeness (QED) is 0.411. The number of hydrogen-bond acceptors (Lipinski definition) is 3. The van der Waals surface area contributed by atoms with Crippen LogP contribution < -0.4 is 11.3 Å². The number of aryl methyl sites for hydroxylation is 2. The van der Waals surface area contributed by atoms with Crippen LogP contribution in [0.1, 0.15) is 24.4 Å². The van der Waals surface area contributed by atoms with Crippen LogP contribution in [-0.4, -0.2) is 9.78 Å². The Balaban J connectivity index is 3.04. The number of hydrazine groups is 1. The van der Waals surface area contributed by atoms with Gasteiger partial charge in [-0.1, -0.05) is 12.2 Å². The van der Waals surface area contributed by atoms with Crippen LogP contribution >= 0.6 is 0 Å². The third-order valence-corrected chi connectivity index (χ3v) is 1.99. The summed E-state index contributed by atoms with van der Waals surface area (Å²) in [5.41, 5.74) is 5.71. The van der Waals surface area contributed by atoms with E-state index in [2.05, 4.69) is 17.1 Å². The zero-order valence-corrected chi connectivity index (χ0v) is 8.33. The molecule has 0 radical (unpaired) electrons. The van der Waals surface area contributed by atoms with Gasteiger partial charge >= 0.3 is 0 Å². The highest BCUT2D eigenvalue weighted by atomic mass is 15.3. The fourth-order valence-corrected chi connectivity index (χ4v) is 1.38. The molecule has 3 N–H and O–H groups in total. The third-order valence-electron chi connectivity index (χ3n) is 1.99. The van der Waals surface area contributed by atoms with E-state index in [0.29, 0.717) is 0 Å². The molecule has 1 unspecified atom stereocenters. The van der Waals surface area contributed by atoms with Crippen LogP contribution in [0.2, 0.25) is 0 Å². The number of hydrogen-bond donors (Lipinski definition) is 2. The molecule has 0 fully saturated rings. The first-order chi connectivity index (χ1) is 6.06. The Bertz CT molecular complexity index is 313. The van der Waals surface area contributed by atoms with Crippen molar-refractivity contribution in [2.75, 3.05) is 0 Å². The maximum Gasteiger partial charge on any atom is 0.0833 e. The van der Waals surface area contributed by atoms with Gasteiger partial charge in [-0.25, -0.2) is 5.43 Å². The predicted molar refractivity (Wildman–Crippen MR) is 52.8 cm³/mol. The van der Waals surface area contributed by atoms with Crippen molar-refractivity contribution in [1.82, 2.24) is 15.2 Å². The largest absolute Gasteiger partial charge is 0.271 e. The number of nitrogens with zero attached hydrogens (tertiary/aromatic N) is 2. The predicted octanol–water partition coefficient (Wildman–Crippen LogP) is 0.809. The van der Waals surface area contributed by atoms with Gasteiger partial charge in [0, 0.05) is 7.05 Å². The molecule has 0 amide bonds. The van der Waals surface area contributed by atoms with E-state index in [1.165, 1.54) is 0 Å². The second kappa shape index (κ2) is 3.72. The summed E-state index contributed by atoms with van der Waals surface area (Å²) in [6.07, 6.45) is 0. The van der Waals surface area contributed by atoms with Gasteiger partial charge in [0.05, 0.1) is 17.4 Å². The Labute approximate surface area is 78.4 Å². The van der Waals surface area contributed by atoms with Gasteiger partial charge in [-0.15, -0.1) is 0 Å². The molecule has 1 heterocycles. The standard InChI is InChI=1S/C9H16N4/c1-6(2)9(11-10)8-5-7(3)12-13(8)4/h5,9,11H,1,10H2,2-4H3. The van der Waals surface area contributed by atoms with Gasteiger partial charge in [0.1, 0.15) is 0 Å². The molecule has 0 aliphatic carbocycles. The van der Waals surface area contributed by atoms with Crippen molar-refractivity contribution in [3.05, 3.63) is 29.6 Å². The molecule has 0 saturated carbocycles. The fourth-order valence-electron chi connectivity index (χ4n) is 1.38. The number of aromatic nitrogens is 2. The minimum atomic E-state index is -0.0220. The van der Waals surface area contributed by atoms with Crippen LogP contribution in [0.4, 0.5) is 0 Å². The lowest BCUT2D eigenvalue weighted by Crippen LogP contribution is -2.30. The molecule has 0 saturated heterocycles. The van der Waals surface area contributed by atoms with Crippen molar-refractivity contribution in [2.45, 2.75) is 19.9 Å². The minimum Gasteiger partial charge on any atom is -0.271 e. The first-order valence-electron chi connectivity index (χ1n) is 4.18. The highest BCUT2D eigenvalue weighted by Crippen LogP contribution is 2.18. The molecule has 0 bridgehead atoms. The molecule has 1 rings (SSSR count). The normalized spacial score (nSPS) is 12.9. The van der Waals surface area contributed by atoms with Crippen LogP contribution in [0.15, 0.2) is 18.2 Å². The Kier molecular flexibility index (Phi) is 2.85. The van der Waals surface area contributed by atoms with Gasteiger partial charge in [-0.3, -0.25) is 10.5 Å². The molecule has 1 aromatic rings. The van der Waals surface area contributed by atoms with Crippen molar-refractivity contribution in [3.63, 3.8) is 0 Å². The molecule has 4 heteroatoms. The van der Waals surface area contributed by atoms with Gasteiger partial charge in [0.15, 0.2) is 0 Å². The second-order valence-electron chi connectivity index (χ2n) is 3.28. The molecular weight excluding hydrogens is 164 g/mol. The second-order valence-corrected chi connectivity index (χ2v) is 3.28. The lowest BCUT2D eigenvalue weighted by Gasteiger charge is -2.15. The Morgan fingerprint density at radius 2 is 2.38 bits per heavy atom. The molecule has 0 aromatic carbocycles. The SMILES string of the molecule is C=C(C)C(NN)c1cc(C)nn1C. The summed E-state index contributed by atoms with van der Waals surface area (Å²) in [5.74, 6) is 5.43. The topological polar surface area (TPSA) is 55.9 Å². The number of nitrogens with one attached hydrogen (secondary N) is 1. The van der Waals surface area contributed by atoms with Crippen LogP contribution in [0.5, 0.6) is 0 Å². The molecule has 72 valence electrons. The average molecular weight is 180 g/mol. The molecule has 0 aliphatic rings. The lowest BCUT2D eigenvalue weighted by molar-refractivity contribution is 0.567. The molecular formula is C9H16N4. The summed E-state index contributed by atoms with van der Waals surface area (Å²) < 4.78 is 1.81. The summed E-state index contributed by atoms with van der Waals surface area (Å²) in [6, 6.07) is 1.98. The maximum atomic E-state index is 5.43. The molecule has 0 aliphatic heterocycles. The molecule has 4 nitrogen and oxygen atoms in total. The highest BCUT2D eigenvalue weighted by Gasteiger charge is 2.14. The van der Waals surface area contributed by atoms with Crippen molar-refractivity contribution in [3.8, 4) is 0 Å². The van der Waals surface area contributed by atoms with Crippen molar-refractivity contribution in [1.29, 1.82) is 0 Å². The number of nitrogens with two attached hydrogens (primary N) is 1. The van der Waals surface area contributed by atoms with Crippen molar-refractivity contribution >= 4 is 0 Å². The summed E-state index contributed by atoms with van der Waals surface area (Å²) >= 11 is 0. The summed E-state index contributed by atoms with van der Waals surface area (Å²) in [7, 11) is 1.90. The van der Waals surface area contributed by atoms with E-state index in [1.807, 2.05) is 31.6 Å².